The molecule has 0 saturated carbocycles. The highest BCUT2D eigenvalue weighted by atomic mass is 14.9. The van der Waals surface area contributed by atoms with Gasteiger partial charge in [-0.3, -0.25) is 0 Å². The van der Waals surface area contributed by atoms with Crippen molar-refractivity contribution < 1.29 is 0 Å². The number of unbranched alkanes of at least 4 members (excludes halogenated alkanes) is 2. The van der Waals surface area contributed by atoms with Crippen LogP contribution in [-0.2, 0) is 0 Å². The second-order valence-corrected chi connectivity index (χ2v) is 4.72. The summed E-state index contributed by atoms with van der Waals surface area (Å²) in [5, 5.41) is 3.60. The maximum absolute atomic E-state index is 3.60. The zero-order valence-corrected chi connectivity index (χ0v) is 10.6. The Hall–Kier alpha value is -0.0400. The summed E-state index contributed by atoms with van der Waals surface area (Å²) in [6.45, 7) is 10.2. The zero-order chi connectivity index (χ0) is 10.8. The third-order valence-corrected chi connectivity index (χ3v) is 2.74. The Morgan fingerprint density at radius 2 is 1.64 bits per heavy atom. The molecule has 0 aromatic rings. The Labute approximate surface area is 90.7 Å². The molecule has 1 N–H and O–H groups in total. The Kier molecular flexibility index (Phi) is 9.49. The molecule has 0 aliphatic heterocycles. The van der Waals surface area contributed by atoms with Crippen LogP contribution in [0.3, 0.4) is 0 Å². The first-order valence-electron chi connectivity index (χ1n) is 6.44. The lowest BCUT2D eigenvalue weighted by molar-refractivity contribution is 0.405. The molecule has 1 unspecified atom stereocenters. The lowest BCUT2D eigenvalue weighted by Crippen LogP contribution is -2.29. The summed E-state index contributed by atoms with van der Waals surface area (Å²) in [7, 11) is 0. The summed E-state index contributed by atoms with van der Waals surface area (Å²) < 4.78 is 0. The highest BCUT2D eigenvalue weighted by Crippen LogP contribution is 2.12. The Morgan fingerprint density at radius 1 is 0.929 bits per heavy atom. The van der Waals surface area contributed by atoms with Gasteiger partial charge in [-0.15, -0.1) is 0 Å². The van der Waals surface area contributed by atoms with Crippen LogP contribution in [0.5, 0.6) is 0 Å². The van der Waals surface area contributed by atoms with E-state index in [4.69, 9.17) is 0 Å². The molecule has 0 aliphatic rings. The van der Waals surface area contributed by atoms with Crippen LogP contribution < -0.4 is 5.32 Å². The maximum atomic E-state index is 3.60. The molecule has 0 radical (unpaired) electrons. The maximum Gasteiger partial charge on any atom is 0.00670 e. The van der Waals surface area contributed by atoms with Gasteiger partial charge in [-0.05, 0) is 31.7 Å². The fourth-order valence-electron chi connectivity index (χ4n) is 1.81. The second-order valence-electron chi connectivity index (χ2n) is 4.72. The van der Waals surface area contributed by atoms with Gasteiger partial charge in [0.05, 0.1) is 0 Å². The standard InChI is InChI=1S/C13H29N/c1-5-7-8-9-13(14-6-2)11-10-12(3)4/h12-14H,5-11H2,1-4H3. The van der Waals surface area contributed by atoms with E-state index in [0.29, 0.717) is 0 Å². The summed E-state index contributed by atoms with van der Waals surface area (Å²) in [6.07, 6.45) is 8.21. The van der Waals surface area contributed by atoms with Crippen molar-refractivity contribution >= 4 is 0 Å². The molecule has 0 bridgehead atoms. The Bertz CT molecular complexity index is 110. The van der Waals surface area contributed by atoms with Crippen LogP contribution in [0, 0.1) is 5.92 Å². The second kappa shape index (κ2) is 9.51. The highest BCUT2D eigenvalue weighted by molar-refractivity contribution is 4.66. The van der Waals surface area contributed by atoms with E-state index in [1.54, 1.807) is 0 Å². The van der Waals surface area contributed by atoms with Gasteiger partial charge in [-0.25, -0.2) is 0 Å². The van der Waals surface area contributed by atoms with E-state index in [1.807, 2.05) is 0 Å². The molecule has 0 aliphatic carbocycles. The molecule has 0 fully saturated rings. The topological polar surface area (TPSA) is 12.0 Å². The summed E-state index contributed by atoms with van der Waals surface area (Å²) in [6, 6.07) is 0.772. The van der Waals surface area contributed by atoms with Crippen LogP contribution in [0.15, 0.2) is 0 Å². The van der Waals surface area contributed by atoms with Gasteiger partial charge in [0.1, 0.15) is 0 Å². The van der Waals surface area contributed by atoms with Gasteiger partial charge in [-0.2, -0.15) is 0 Å². The number of rotatable bonds is 9. The van der Waals surface area contributed by atoms with Crippen molar-refractivity contribution in [2.45, 2.75) is 72.3 Å². The average molecular weight is 199 g/mol. The van der Waals surface area contributed by atoms with Gasteiger partial charge in [0.2, 0.25) is 0 Å². The van der Waals surface area contributed by atoms with Crippen molar-refractivity contribution in [3.8, 4) is 0 Å². The molecule has 0 rings (SSSR count). The van der Waals surface area contributed by atoms with Crippen LogP contribution in [0.4, 0.5) is 0 Å². The summed E-state index contributed by atoms with van der Waals surface area (Å²) >= 11 is 0. The number of nitrogens with one attached hydrogen (secondary N) is 1. The summed E-state index contributed by atoms with van der Waals surface area (Å²) in [5.74, 6) is 0.849. The first-order chi connectivity index (χ1) is 6.70. The van der Waals surface area contributed by atoms with E-state index >= 15 is 0 Å². The smallest absolute Gasteiger partial charge is 0.00670 e. The van der Waals surface area contributed by atoms with E-state index in [2.05, 4.69) is 33.0 Å². The van der Waals surface area contributed by atoms with E-state index in [0.717, 1.165) is 18.5 Å². The normalized spacial score (nSPS) is 13.5. The number of hydrogen-bond acceptors (Lipinski definition) is 1. The zero-order valence-electron chi connectivity index (χ0n) is 10.6. The number of hydrogen-bond donors (Lipinski definition) is 1. The predicted molar refractivity (Wildman–Crippen MR) is 65.7 cm³/mol. The third-order valence-electron chi connectivity index (χ3n) is 2.74. The predicted octanol–water partition coefficient (Wildman–Crippen LogP) is 3.98. The molecule has 0 aromatic heterocycles. The van der Waals surface area contributed by atoms with E-state index in [-0.39, 0.29) is 0 Å². The van der Waals surface area contributed by atoms with Gasteiger partial charge in [-0.1, -0.05) is 47.0 Å². The van der Waals surface area contributed by atoms with E-state index in [1.165, 1.54) is 38.5 Å². The van der Waals surface area contributed by atoms with Gasteiger partial charge >= 0.3 is 0 Å². The molecule has 0 heterocycles. The lowest BCUT2D eigenvalue weighted by atomic mass is 9.99. The molecular weight excluding hydrogens is 170 g/mol. The van der Waals surface area contributed by atoms with Crippen molar-refractivity contribution in [1.29, 1.82) is 0 Å². The molecular formula is C13H29N. The minimum Gasteiger partial charge on any atom is -0.314 e. The van der Waals surface area contributed by atoms with Crippen molar-refractivity contribution in [3.63, 3.8) is 0 Å². The van der Waals surface area contributed by atoms with Crippen molar-refractivity contribution in [3.05, 3.63) is 0 Å². The monoisotopic (exact) mass is 199 g/mol. The molecule has 14 heavy (non-hydrogen) atoms. The quantitative estimate of drug-likeness (QED) is 0.554. The minimum absolute atomic E-state index is 0.772. The average Bonchev–Trinajstić information content (AvgIpc) is 2.14. The van der Waals surface area contributed by atoms with Gasteiger partial charge < -0.3 is 5.32 Å². The molecule has 0 amide bonds. The molecule has 0 saturated heterocycles. The van der Waals surface area contributed by atoms with Gasteiger partial charge in [0.15, 0.2) is 0 Å². The largest absolute Gasteiger partial charge is 0.314 e. The van der Waals surface area contributed by atoms with Crippen LogP contribution in [-0.4, -0.2) is 12.6 Å². The Balaban J connectivity index is 3.54. The molecule has 86 valence electrons. The van der Waals surface area contributed by atoms with E-state index < -0.39 is 0 Å². The molecule has 0 spiro atoms. The fourth-order valence-corrected chi connectivity index (χ4v) is 1.81. The van der Waals surface area contributed by atoms with Crippen LogP contribution >= 0.6 is 0 Å². The van der Waals surface area contributed by atoms with Crippen molar-refractivity contribution in [2.75, 3.05) is 6.54 Å². The van der Waals surface area contributed by atoms with E-state index in [9.17, 15) is 0 Å². The lowest BCUT2D eigenvalue weighted by Gasteiger charge is -2.18. The minimum atomic E-state index is 0.772. The van der Waals surface area contributed by atoms with Crippen LogP contribution in [0.1, 0.15) is 66.2 Å². The van der Waals surface area contributed by atoms with Gasteiger partial charge in [0.25, 0.3) is 0 Å². The van der Waals surface area contributed by atoms with Crippen LogP contribution in [0.2, 0.25) is 0 Å². The molecule has 0 aromatic carbocycles. The highest BCUT2D eigenvalue weighted by Gasteiger charge is 2.07. The van der Waals surface area contributed by atoms with Crippen molar-refractivity contribution in [2.24, 2.45) is 5.92 Å². The van der Waals surface area contributed by atoms with Gasteiger partial charge in [0, 0.05) is 6.04 Å². The summed E-state index contributed by atoms with van der Waals surface area (Å²) in [4.78, 5) is 0. The van der Waals surface area contributed by atoms with Crippen LogP contribution in [0.25, 0.3) is 0 Å². The fraction of sp³-hybridized carbons (Fsp3) is 1.00. The first kappa shape index (κ1) is 14.0. The molecule has 1 nitrogen and oxygen atoms in total. The molecule has 1 heteroatoms. The molecule has 1 atom stereocenters. The summed E-state index contributed by atoms with van der Waals surface area (Å²) in [5.41, 5.74) is 0. The first-order valence-corrected chi connectivity index (χ1v) is 6.44. The SMILES string of the molecule is CCCCCC(CCC(C)C)NCC. The van der Waals surface area contributed by atoms with Crippen molar-refractivity contribution in [1.82, 2.24) is 5.32 Å². The Morgan fingerprint density at radius 3 is 2.14 bits per heavy atom. The third kappa shape index (κ3) is 8.55.